The third-order valence-electron chi connectivity index (χ3n) is 2.58. The third kappa shape index (κ3) is 4.28. The highest BCUT2D eigenvalue weighted by atomic mass is 79.9. The molecule has 0 aliphatic rings. The average molecular weight is 355 g/mol. The van der Waals surface area contributed by atoms with Gasteiger partial charge in [-0.1, -0.05) is 15.9 Å². The van der Waals surface area contributed by atoms with Crippen molar-refractivity contribution in [2.24, 2.45) is 0 Å². The Morgan fingerprint density at radius 2 is 1.85 bits per heavy atom. The Bertz CT molecular complexity index is 547. The van der Waals surface area contributed by atoms with Crippen LogP contribution in [0.5, 0.6) is 0 Å². The number of hydrogen-bond donors (Lipinski definition) is 0. The van der Waals surface area contributed by atoms with Crippen LogP contribution in [0.1, 0.15) is 17.8 Å². The van der Waals surface area contributed by atoms with Gasteiger partial charge in [0, 0.05) is 29.8 Å². The van der Waals surface area contributed by atoms with Crippen LogP contribution in [0.2, 0.25) is 0 Å². The van der Waals surface area contributed by atoms with E-state index >= 15 is 0 Å². The Labute approximate surface area is 131 Å². The van der Waals surface area contributed by atoms with E-state index in [1.807, 2.05) is 12.1 Å². The zero-order valence-electron chi connectivity index (χ0n) is 11.2. The van der Waals surface area contributed by atoms with Crippen molar-refractivity contribution in [3.63, 3.8) is 0 Å². The van der Waals surface area contributed by atoms with E-state index in [1.165, 1.54) is 4.90 Å². The minimum Gasteiger partial charge on any atom is -0.350 e. The van der Waals surface area contributed by atoms with Crippen molar-refractivity contribution >= 4 is 27.7 Å². The summed E-state index contributed by atoms with van der Waals surface area (Å²) in [5, 5.41) is 0. The molecule has 2 rings (SSSR count). The van der Waals surface area contributed by atoms with Gasteiger partial charge in [-0.05, 0) is 30.3 Å². The maximum absolute atomic E-state index is 5.19. The summed E-state index contributed by atoms with van der Waals surface area (Å²) in [6.07, 6.45) is 1.28. The molecular weight excluding hydrogens is 340 g/mol. The standard InChI is InChI=1S/C14H15BrN2O2S/c1-18-14(19-2)12-7-8-16-13(17-12)9-20-11-5-3-10(15)4-6-11/h3-8,14H,9H2,1-2H3. The number of aromatic nitrogens is 2. The highest BCUT2D eigenvalue weighted by Gasteiger charge is 2.11. The largest absolute Gasteiger partial charge is 0.350 e. The second-order valence-corrected chi connectivity index (χ2v) is 5.91. The van der Waals surface area contributed by atoms with Crippen molar-refractivity contribution in [3.05, 3.63) is 52.5 Å². The van der Waals surface area contributed by atoms with Crippen LogP contribution in [0.3, 0.4) is 0 Å². The topological polar surface area (TPSA) is 44.2 Å². The van der Waals surface area contributed by atoms with Crippen molar-refractivity contribution < 1.29 is 9.47 Å². The quantitative estimate of drug-likeness (QED) is 0.582. The molecule has 0 saturated heterocycles. The van der Waals surface area contributed by atoms with Crippen LogP contribution in [-0.4, -0.2) is 24.2 Å². The van der Waals surface area contributed by atoms with Crippen LogP contribution in [0.25, 0.3) is 0 Å². The first-order valence-corrected chi connectivity index (χ1v) is 7.76. The zero-order valence-corrected chi connectivity index (χ0v) is 13.6. The Kier molecular flexibility index (Phi) is 5.97. The molecule has 0 bridgehead atoms. The molecule has 20 heavy (non-hydrogen) atoms. The van der Waals surface area contributed by atoms with E-state index in [2.05, 4.69) is 38.0 Å². The SMILES string of the molecule is COC(OC)c1ccnc(CSc2ccc(Br)cc2)n1. The maximum atomic E-state index is 5.19. The molecule has 0 aliphatic heterocycles. The minimum atomic E-state index is -0.450. The van der Waals surface area contributed by atoms with E-state index in [-0.39, 0.29) is 0 Å². The first-order valence-electron chi connectivity index (χ1n) is 5.98. The molecule has 2 aromatic rings. The highest BCUT2D eigenvalue weighted by Crippen LogP contribution is 2.23. The van der Waals surface area contributed by atoms with Gasteiger partial charge >= 0.3 is 0 Å². The molecule has 0 fully saturated rings. The van der Waals surface area contributed by atoms with Gasteiger partial charge in [-0.25, -0.2) is 9.97 Å². The Morgan fingerprint density at radius 3 is 2.50 bits per heavy atom. The van der Waals surface area contributed by atoms with Crippen LogP contribution >= 0.6 is 27.7 Å². The summed E-state index contributed by atoms with van der Waals surface area (Å²) in [5.74, 6) is 1.46. The molecule has 0 N–H and O–H groups in total. The number of hydrogen-bond acceptors (Lipinski definition) is 5. The van der Waals surface area contributed by atoms with Crippen LogP contribution in [0.4, 0.5) is 0 Å². The van der Waals surface area contributed by atoms with Crippen molar-refractivity contribution in [1.82, 2.24) is 9.97 Å². The summed E-state index contributed by atoms with van der Waals surface area (Å²) >= 11 is 5.11. The maximum Gasteiger partial charge on any atom is 0.200 e. The lowest BCUT2D eigenvalue weighted by atomic mass is 10.4. The fourth-order valence-corrected chi connectivity index (χ4v) is 2.66. The molecule has 1 heterocycles. The number of thioether (sulfide) groups is 1. The lowest BCUT2D eigenvalue weighted by Gasteiger charge is -2.12. The van der Waals surface area contributed by atoms with Gasteiger partial charge in [0.1, 0.15) is 5.82 Å². The molecule has 0 spiro atoms. The monoisotopic (exact) mass is 354 g/mol. The van der Waals surface area contributed by atoms with Crippen molar-refractivity contribution in [2.45, 2.75) is 16.9 Å². The first-order chi connectivity index (χ1) is 9.72. The second kappa shape index (κ2) is 7.73. The highest BCUT2D eigenvalue weighted by molar-refractivity contribution is 9.10. The molecule has 0 amide bonds. The van der Waals surface area contributed by atoms with Crippen LogP contribution in [0.15, 0.2) is 45.9 Å². The Balaban J connectivity index is 2.02. The number of halogens is 1. The fourth-order valence-electron chi connectivity index (χ4n) is 1.63. The minimum absolute atomic E-state index is 0.450. The Morgan fingerprint density at radius 1 is 1.15 bits per heavy atom. The van der Waals surface area contributed by atoms with Crippen LogP contribution in [0, 0.1) is 0 Å². The van der Waals surface area contributed by atoms with Crippen molar-refractivity contribution in [2.75, 3.05) is 14.2 Å². The summed E-state index contributed by atoms with van der Waals surface area (Å²) in [4.78, 5) is 9.90. The molecule has 0 aliphatic carbocycles. The van der Waals surface area contributed by atoms with E-state index in [9.17, 15) is 0 Å². The van der Waals surface area contributed by atoms with Crippen LogP contribution < -0.4 is 0 Å². The van der Waals surface area contributed by atoms with E-state index in [0.717, 1.165) is 16.0 Å². The van der Waals surface area contributed by atoms with Gasteiger partial charge < -0.3 is 9.47 Å². The van der Waals surface area contributed by atoms with E-state index < -0.39 is 6.29 Å². The smallest absolute Gasteiger partial charge is 0.200 e. The summed E-state index contributed by atoms with van der Waals surface area (Å²) in [7, 11) is 3.18. The van der Waals surface area contributed by atoms with Gasteiger partial charge in [-0.3, -0.25) is 0 Å². The van der Waals surface area contributed by atoms with Gasteiger partial charge in [-0.2, -0.15) is 0 Å². The summed E-state index contributed by atoms with van der Waals surface area (Å²) in [6, 6.07) is 9.96. The van der Waals surface area contributed by atoms with Gasteiger partial charge in [0.25, 0.3) is 0 Å². The van der Waals surface area contributed by atoms with Gasteiger partial charge in [0.05, 0.1) is 11.4 Å². The van der Waals surface area contributed by atoms with Crippen molar-refractivity contribution in [3.8, 4) is 0 Å². The average Bonchev–Trinajstić information content (AvgIpc) is 2.48. The molecule has 0 saturated carbocycles. The molecule has 106 valence electrons. The predicted molar refractivity (Wildman–Crippen MR) is 82.5 cm³/mol. The normalized spacial score (nSPS) is 11.0. The molecule has 1 aromatic carbocycles. The summed E-state index contributed by atoms with van der Waals surface area (Å²) in [6.45, 7) is 0. The lowest BCUT2D eigenvalue weighted by Crippen LogP contribution is -2.08. The predicted octanol–water partition coefficient (Wildman–Crippen LogP) is 3.82. The summed E-state index contributed by atoms with van der Waals surface area (Å²) < 4.78 is 11.5. The molecular formula is C14H15BrN2O2S. The van der Waals surface area contributed by atoms with E-state index in [1.54, 1.807) is 38.2 Å². The number of methoxy groups -OCH3 is 2. The van der Waals surface area contributed by atoms with Gasteiger partial charge in [0.15, 0.2) is 0 Å². The molecule has 0 atom stereocenters. The summed E-state index contributed by atoms with van der Waals surface area (Å²) in [5.41, 5.74) is 0.733. The van der Waals surface area contributed by atoms with Crippen LogP contribution in [-0.2, 0) is 15.2 Å². The number of rotatable bonds is 6. The molecule has 6 heteroatoms. The molecule has 4 nitrogen and oxygen atoms in total. The zero-order chi connectivity index (χ0) is 14.4. The number of ether oxygens (including phenoxy) is 2. The van der Waals surface area contributed by atoms with E-state index in [4.69, 9.17) is 9.47 Å². The molecule has 0 unspecified atom stereocenters. The van der Waals surface area contributed by atoms with Crippen molar-refractivity contribution in [1.29, 1.82) is 0 Å². The van der Waals surface area contributed by atoms with E-state index in [0.29, 0.717) is 5.75 Å². The lowest BCUT2D eigenvalue weighted by molar-refractivity contribution is -0.108. The third-order valence-corrected chi connectivity index (χ3v) is 4.11. The fraction of sp³-hybridized carbons (Fsp3) is 0.286. The van der Waals surface area contributed by atoms with Gasteiger partial charge in [-0.15, -0.1) is 11.8 Å². The number of nitrogens with zero attached hydrogens (tertiary/aromatic N) is 2. The second-order valence-electron chi connectivity index (χ2n) is 3.94. The number of benzene rings is 1. The molecule has 0 radical (unpaired) electrons. The molecule has 1 aromatic heterocycles. The first kappa shape index (κ1) is 15.4. The van der Waals surface area contributed by atoms with Gasteiger partial charge in [0.2, 0.25) is 6.29 Å². The Hall–Kier alpha value is -0.950.